The highest BCUT2D eigenvalue weighted by atomic mass is 32.2. The first-order valence-corrected chi connectivity index (χ1v) is 7.39. The van der Waals surface area contributed by atoms with E-state index < -0.39 is 0 Å². The first-order valence-electron chi connectivity index (χ1n) is 5.76. The molecule has 2 aromatic carbocycles. The molecule has 0 aliphatic heterocycles. The Balaban J connectivity index is 1.95. The average molecular weight is 273 g/mol. The molecule has 2 aromatic rings. The van der Waals surface area contributed by atoms with E-state index in [-0.39, 0.29) is 0 Å². The van der Waals surface area contributed by atoms with E-state index in [4.69, 9.17) is 12.2 Å². The molecule has 2 rings (SSSR count). The Morgan fingerprint density at radius 1 is 1.06 bits per heavy atom. The Morgan fingerprint density at radius 2 is 1.72 bits per heavy atom. The number of rotatable bonds is 4. The zero-order valence-corrected chi connectivity index (χ0v) is 11.9. The predicted octanol–water partition coefficient (Wildman–Crippen LogP) is 3.87. The Kier molecular flexibility index (Phi) is 4.79. The Bertz CT molecular complexity index is 506. The smallest absolute Gasteiger partial charge is 0.106 e. The van der Waals surface area contributed by atoms with Crippen LogP contribution in [0.25, 0.3) is 0 Å². The first-order chi connectivity index (χ1) is 8.79. The third-order valence-electron chi connectivity index (χ3n) is 2.65. The van der Waals surface area contributed by atoms with Gasteiger partial charge in [0.1, 0.15) is 4.99 Å². The molecule has 0 spiro atoms. The van der Waals surface area contributed by atoms with Crippen LogP contribution in [0.1, 0.15) is 11.1 Å². The van der Waals surface area contributed by atoms with Crippen molar-refractivity contribution in [1.82, 2.24) is 5.32 Å². The summed E-state index contributed by atoms with van der Waals surface area (Å²) in [6.07, 6.45) is 2.07. The highest BCUT2D eigenvalue weighted by Crippen LogP contribution is 2.15. The maximum Gasteiger partial charge on any atom is 0.106 e. The minimum Gasteiger partial charge on any atom is -0.372 e. The second-order valence-corrected chi connectivity index (χ2v) is 5.18. The average Bonchev–Trinajstić information content (AvgIpc) is 2.46. The predicted molar refractivity (Wildman–Crippen MR) is 83.2 cm³/mol. The zero-order valence-electron chi connectivity index (χ0n) is 10.2. The van der Waals surface area contributed by atoms with Crippen molar-refractivity contribution in [3.05, 3.63) is 65.7 Å². The van der Waals surface area contributed by atoms with Gasteiger partial charge in [-0.3, -0.25) is 0 Å². The van der Waals surface area contributed by atoms with E-state index in [0.717, 1.165) is 17.1 Å². The van der Waals surface area contributed by atoms with Crippen LogP contribution in [0, 0.1) is 0 Å². The minimum atomic E-state index is 0.768. The summed E-state index contributed by atoms with van der Waals surface area (Å²) in [5.74, 6) is 0. The molecule has 0 radical (unpaired) electrons. The van der Waals surface area contributed by atoms with Crippen molar-refractivity contribution in [2.75, 3.05) is 6.26 Å². The van der Waals surface area contributed by atoms with E-state index in [0.29, 0.717) is 0 Å². The van der Waals surface area contributed by atoms with Gasteiger partial charge in [0.25, 0.3) is 0 Å². The lowest BCUT2D eigenvalue weighted by atomic mass is 10.2. The van der Waals surface area contributed by atoms with Crippen molar-refractivity contribution in [2.45, 2.75) is 11.4 Å². The van der Waals surface area contributed by atoms with Crippen LogP contribution in [0.5, 0.6) is 0 Å². The molecule has 18 heavy (non-hydrogen) atoms. The molecule has 0 aliphatic carbocycles. The maximum absolute atomic E-state index is 5.38. The van der Waals surface area contributed by atoms with Crippen molar-refractivity contribution in [3.63, 3.8) is 0 Å². The summed E-state index contributed by atoms with van der Waals surface area (Å²) >= 11 is 7.12. The van der Waals surface area contributed by atoms with Gasteiger partial charge in [0.05, 0.1) is 0 Å². The highest BCUT2D eigenvalue weighted by molar-refractivity contribution is 7.98. The lowest BCUT2D eigenvalue weighted by Crippen LogP contribution is -2.21. The molecule has 0 saturated heterocycles. The second kappa shape index (κ2) is 6.57. The van der Waals surface area contributed by atoms with Gasteiger partial charge in [-0.15, -0.1) is 11.8 Å². The maximum atomic E-state index is 5.38. The molecule has 0 saturated carbocycles. The van der Waals surface area contributed by atoms with Gasteiger partial charge < -0.3 is 5.32 Å². The number of thioether (sulfide) groups is 1. The minimum absolute atomic E-state index is 0.768. The van der Waals surface area contributed by atoms with Crippen molar-refractivity contribution in [1.29, 1.82) is 0 Å². The standard InChI is InChI=1S/C15H15NS2/c1-18-14-9-7-13(8-10-14)15(17)16-11-12-5-3-2-4-6-12/h2-10H,11H2,1H3,(H,16,17). The molecule has 0 atom stereocenters. The van der Waals surface area contributed by atoms with E-state index in [9.17, 15) is 0 Å². The molecular formula is C15H15NS2. The van der Waals surface area contributed by atoms with E-state index in [1.165, 1.54) is 10.5 Å². The third-order valence-corrected chi connectivity index (χ3v) is 3.77. The molecule has 0 aliphatic rings. The molecule has 0 fully saturated rings. The summed E-state index contributed by atoms with van der Waals surface area (Å²) in [5, 5.41) is 3.28. The lowest BCUT2D eigenvalue weighted by molar-refractivity contribution is 0.928. The molecule has 0 amide bonds. The van der Waals surface area contributed by atoms with Gasteiger partial charge in [-0.2, -0.15) is 0 Å². The normalized spacial score (nSPS) is 10.1. The summed E-state index contributed by atoms with van der Waals surface area (Å²) < 4.78 is 0. The Hall–Kier alpha value is -1.32. The number of hydrogen-bond donors (Lipinski definition) is 1. The quantitative estimate of drug-likeness (QED) is 0.671. The van der Waals surface area contributed by atoms with Gasteiger partial charge >= 0.3 is 0 Å². The number of benzene rings is 2. The van der Waals surface area contributed by atoms with Crippen LogP contribution in [0.15, 0.2) is 59.5 Å². The van der Waals surface area contributed by atoms with E-state index >= 15 is 0 Å². The number of hydrogen-bond acceptors (Lipinski definition) is 2. The highest BCUT2D eigenvalue weighted by Gasteiger charge is 2.00. The van der Waals surface area contributed by atoms with E-state index in [2.05, 4.69) is 48.0 Å². The molecule has 0 unspecified atom stereocenters. The fourth-order valence-electron chi connectivity index (χ4n) is 1.62. The molecule has 3 heteroatoms. The first kappa shape index (κ1) is 13.1. The van der Waals surface area contributed by atoms with Gasteiger partial charge in [-0.05, 0) is 24.0 Å². The van der Waals surface area contributed by atoms with Crippen molar-refractivity contribution in [2.24, 2.45) is 0 Å². The summed E-state index contributed by atoms with van der Waals surface area (Å²) in [5.41, 5.74) is 2.30. The zero-order chi connectivity index (χ0) is 12.8. The summed E-state index contributed by atoms with van der Waals surface area (Å²) in [7, 11) is 0. The molecule has 0 heterocycles. The van der Waals surface area contributed by atoms with Crippen LogP contribution < -0.4 is 5.32 Å². The van der Waals surface area contributed by atoms with Gasteiger partial charge in [0.15, 0.2) is 0 Å². The van der Waals surface area contributed by atoms with Crippen LogP contribution >= 0.6 is 24.0 Å². The van der Waals surface area contributed by atoms with Gasteiger partial charge in [0.2, 0.25) is 0 Å². The molecule has 0 bridgehead atoms. The van der Waals surface area contributed by atoms with Crippen LogP contribution in [0.4, 0.5) is 0 Å². The van der Waals surface area contributed by atoms with Crippen molar-refractivity contribution < 1.29 is 0 Å². The fourth-order valence-corrected chi connectivity index (χ4v) is 2.24. The number of thiocarbonyl (C=S) groups is 1. The molecular weight excluding hydrogens is 258 g/mol. The molecule has 92 valence electrons. The van der Waals surface area contributed by atoms with Crippen molar-refractivity contribution >= 4 is 29.0 Å². The van der Waals surface area contributed by atoms with Crippen LogP contribution in [-0.4, -0.2) is 11.2 Å². The Labute approximate surface area is 118 Å². The topological polar surface area (TPSA) is 12.0 Å². The summed E-state index contributed by atoms with van der Waals surface area (Å²) in [6.45, 7) is 0.768. The van der Waals surface area contributed by atoms with Crippen molar-refractivity contribution in [3.8, 4) is 0 Å². The van der Waals surface area contributed by atoms with E-state index in [1.807, 2.05) is 18.2 Å². The monoisotopic (exact) mass is 273 g/mol. The van der Waals surface area contributed by atoms with Gasteiger partial charge in [0, 0.05) is 17.0 Å². The largest absolute Gasteiger partial charge is 0.372 e. The fraction of sp³-hybridized carbons (Fsp3) is 0.133. The van der Waals surface area contributed by atoms with Crippen LogP contribution in [-0.2, 0) is 6.54 Å². The lowest BCUT2D eigenvalue weighted by Gasteiger charge is -2.08. The van der Waals surface area contributed by atoms with E-state index in [1.54, 1.807) is 11.8 Å². The third kappa shape index (κ3) is 3.59. The van der Waals surface area contributed by atoms with Gasteiger partial charge in [-0.1, -0.05) is 54.7 Å². The molecule has 1 N–H and O–H groups in total. The van der Waals surface area contributed by atoms with Crippen LogP contribution in [0.2, 0.25) is 0 Å². The molecule has 1 nitrogen and oxygen atoms in total. The summed E-state index contributed by atoms with van der Waals surface area (Å²) in [6, 6.07) is 18.6. The summed E-state index contributed by atoms with van der Waals surface area (Å²) in [4.78, 5) is 2.05. The SMILES string of the molecule is CSc1ccc(C(=S)NCc2ccccc2)cc1. The Morgan fingerprint density at radius 3 is 2.33 bits per heavy atom. The number of nitrogens with one attached hydrogen (secondary N) is 1. The van der Waals surface area contributed by atoms with Gasteiger partial charge in [-0.25, -0.2) is 0 Å². The van der Waals surface area contributed by atoms with Crippen LogP contribution in [0.3, 0.4) is 0 Å². The second-order valence-electron chi connectivity index (χ2n) is 3.90. The molecule has 0 aromatic heterocycles.